The molecular formula is C23H21FN4O2. The second kappa shape index (κ2) is 8.32. The van der Waals surface area contributed by atoms with Crippen molar-refractivity contribution in [2.24, 2.45) is 0 Å². The summed E-state index contributed by atoms with van der Waals surface area (Å²) < 4.78 is 20.2. The predicted molar refractivity (Wildman–Crippen MR) is 111 cm³/mol. The molecular weight excluding hydrogens is 383 g/mol. The lowest BCUT2D eigenvalue weighted by Gasteiger charge is -2.15. The van der Waals surface area contributed by atoms with Gasteiger partial charge in [-0.15, -0.1) is 0 Å². The summed E-state index contributed by atoms with van der Waals surface area (Å²) in [6.07, 6.45) is 1.78. The Kier molecular flexibility index (Phi) is 5.43. The molecule has 0 fully saturated rings. The topological polar surface area (TPSA) is 73.0 Å². The summed E-state index contributed by atoms with van der Waals surface area (Å²) in [6.45, 7) is 4.10. The van der Waals surface area contributed by atoms with Crippen LogP contribution in [0.25, 0.3) is 23.0 Å². The molecule has 2 heterocycles. The van der Waals surface area contributed by atoms with E-state index < -0.39 is 0 Å². The smallest absolute Gasteiger partial charge is 0.274 e. The van der Waals surface area contributed by atoms with Gasteiger partial charge in [0.1, 0.15) is 18.1 Å². The van der Waals surface area contributed by atoms with Gasteiger partial charge in [0.25, 0.3) is 5.89 Å². The van der Waals surface area contributed by atoms with Gasteiger partial charge in [0.2, 0.25) is 11.7 Å². The van der Waals surface area contributed by atoms with Crippen LogP contribution >= 0.6 is 0 Å². The van der Waals surface area contributed by atoms with Gasteiger partial charge in [-0.05, 0) is 55.8 Å². The van der Waals surface area contributed by atoms with E-state index in [1.807, 2.05) is 44.2 Å². The highest BCUT2D eigenvalue weighted by molar-refractivity contribution is 5.77. The first-order chi connectivity index (χ1) is 14.5. The monoisotopic (exact) mass is 404 g/mol. The van der Waals surface area contributed by atoms with Gasteiger partial charge >= 0.3 is 0 Å². The van der Waals surface area contributed by atoms with E-state index in [2.05, 4.69) is 15.5 Å². The van der Waals surface area contributed by atoms with Crippen molar-refractivity contribution in [1.82, 2.24) is 20.0 Å². The van der Waals surface area contributed by atoms with Crippen molar-refractivity contribution in [3.8, 4) is 23.0 Å². The number of aryl methyl sites for hydroxylation is 1. The van der Waals surface area contributed by atoms with Crippen LogP contribution in [-0.2, 0) is 11.3 Å². The minimum atomic E-state index is -0.331. The van der Waals surface area contributed by atoms with Crippen molar-refractivity contribution in [3.63, 3.8) is 0 Å². The van der Waals surface area contributed by atoms with E-state index in [4.69, 9.17) is 4.52 Å². The van der Waals surface area contributed by atoms with Crippen LogP contribution in [0.2, 0.25) is 0 Å². The van der Waals surface area contributed by atoms with Crippen molar-refractivity contribution in [2.75, 3.05) is 0 Å². The summed E-state index contributed by atoms with van der Waals surface area (Å²) in [6, 6.07) is 17.4. The standard InChI is InChI=1S/C23H21FN4O2/c1-15-5-7-17(8-6-15)16(2)25-21(29)14-28-13-3-4-20(28)23-26-22(27-30-23)18-9-11-19(24)12-10-18/h3-13,16H,14H2,1-2H3,(H,25,29)/t16-/m1/s1. The Morgan fingerprint density at radius 2 is 1.87 bits per heavy atom. The molecule has 0 unspecified atom stereocenters. The molecule has 30 heavy (non-hydrogen) atoms. The second-order valence-corrected chi connectivity index (χ2v) is 7.15. The SMILES string of the molecule is Cc1ccc([C@@H](C)NC(=O)Cn2cccc2-c2nc(-c3ccc(F)cc3)no2)cc1. The largest absolute Gasteiger partial charge is 0.348 e. The molecule has 1 atom stereocenters. The van der Waals surface area contributed by atoms with Crippen molar-refractivity contribution in [1.29, 1.82) is 0 Å². The highest BCUT2D eigenvalue weighted by Gasteiger charge is 2.16. The molecule has 6 nitrogen and oxygen atoms in total. The molecule has 0 aliphatic rings. The van der Waals surface area contributed by atoms with Crippen LogP contribution in [0.4, 0.5) is 4.39 Å². The van der Waals surface area contributed by atoms with Crippen LogP contribution in [0.15, 0.2) is 71.4 Å². The lowest BCUT2D eigenvalue weighted by atomic mass is 10.1. The van der Waals surface area contributed by atoms with E-state index in [9.17, 15) is 9.18 Å². The number of amides is 1. The number of hydrogen-bond acceptors (Lipinski definition) is 4. The molecule has 0 aliphatic carbocycles. The zero-order valence-electron chi connectivity index (χ0n) is 16.7. The van der Waals surface area contributed by atoms with Crippen LogP contribution in [0.1, 0.15) is 24.1 Å². The first kappa shape index (κ1) is 19.6. The van der Waals surface area contributed by atoms with Crippen molar-refractivity contribution in [2.45, 2.75) is 26.4 Å². The quantitative estimate of drug-likeness (QED) is 0.512. The number of rotatable bonds is 6. The van der Waals surface area contributed by atoms with Gasteiger partial charge in [0.15, 0.2) is 0 Å². The molecule has 0 saturated heterocycles. The summed E-state index contributed by atoms with van der Waals surface area (Å²) >= 11 is 0. The maximum atomic E-state index is 13.1. The minimum Gasteiger partial charge on any atom is -0.348 e. The summed E-state index contributed by atoms with van der Waals surface area (Å²) in [4.78, 5) is 17.0. The molecule has 2 aromatic heterocycles. The second-order valence-electron chi connectivity index (χ2n) is 7.15. The third-order valence-electron chi connectivity index (χ3n) is 4.85. The third kappa shape index (κ3) is 4.30. The summed E-state index contributed by atoms with van der Waals surface area (Å²) in [7, 11) is 0. The molecule has 0 radical (unpaired) electrons. The number of halogens is 1. The average molecular weight is 404 g/mol. The zero-order valence-corrected chi connectivity index (χ0v) is 16.7. The Hall–Kier alpha value is -3.74. The minimum absolute atomic E-state index is 0.106. The van der Waals surface area contributed by atoms with E-state index in [1.54, 1.807) is 29.0 Å². The number of nitrogens with one attached hydrogen (secondary N) is 1. The van der Waals surface area contributed by atoms with Crippen LogP contribution in [0.3, 0.4) is 0 Å². The van der Waals surface area contributed by atoms with Gasteiger partial charge in [0.05, 0.1) is 6.04 Å². The van der Waals surface area contributed by atoms with E-state index in [1.165, 1.54) is 17.7 Å². The Morgan fingerprint density at radius 1 is 1.13 bits per heavy atom. The molecule has 0 saturated carbocycles. The molecule has 0 spiro atoms. The number of hydrogen-bond donors (Lipinski definition) is 1. The van der Waals surface area contributed by atoms with E-state index in [-0.39, 0.29) is 24.3 Å². The lowest BCUT2D eigenvalue weighted by Crippen LogP contribution is -2.30. The fourth-order valence-electron chi connectivity index (χ4n) is 3.17. The van der Waals surface area contributed by atoms with Crippen LogP contribution in [0, 0.1) is 12.7 Å². The highest BCUT2D eigenvalue weighted by Crippen LogP contribution is 2.23. The van der Waals surface area contributed by atoms with Crippen LogP contribution in [0.5, 0.6) is 0 Å². The van der Waals surface area contributed by atoms with Crippen molar-refractivity contribution < 1.29 is 13.7 Å². The highest BCUT2D eigenvalue weighted by atomic mass is 19.1. The Balaban J connectivity index is 1.46. The predicted octanol–water partition coefficient (Wildman–Crippen LogP) is 4.53. The van der Waals surface area contributed by atoms with Crippen molar-refractivity contribution >= 4 is 5.91 Å². The molecule has 1 amide bonds. The molecule has 1 N–H and O–H groups in total. The fraction of sp³-hybridized carbons (Fsp3) is 0.174. The summed E-state index contributed by atoms with van der Waals surface area (Å²) in [5.74, 6) is 0.190. The van der Waals surface area contributed by atoms with E-state index >= 15 is 0 Å². The number of nitrogens with zero attached hydrogens (tertiary/aromatic N) is 3. The van der Waals surface area contributed by atoms with Crippen molar-refractivity contribution in [3.05, 3.63) is 83.8 Å². The van der Waals surface area contributed by atoms with Gasteiger partial charge in [-0.1, -0.05) is 35.0 Å². The number of carbonyl (C=O) groups excluding carboxylic acids is 1. The molecule has 7 heteroatoms. The number of aromatic nitrogens is 3. The molecule has 4 rings (SSSR count). The van der Waals surface area contributed by atoms with Crippen LogP contribution < -0.4 is 5.32 Å². The molecule has 2 aromatic carbocycles. The summed E-state index contributed by atoms with van der Waals surface area (Å²) in [5, 5.41) is 6.97. The summed E-state index contributed by atoms with van der Waals surface area (Å²) in [5.41, 5.74) is 3.50. The molecule has 0 aliphatic heterocycles. The average Bonchev–Trinajstić information content (AvgIpc) is 3.38. The Bertz CT molecular complexity index is 1150. The Labute approximate surface area is 173 Å². The number of benzene rings is 2. The maximum Gasteiger partial charge on any atom is 0.274 e. The first-order valence-corrected chi connectivity index (χ1v) is 9.60. The normalized spacial score (nSPS) is 12.0. The van der Waals surface area contributed by atoms with Gasteiger partial charge in [-0.3, -0.25) is 4.79 Å². The zero-order chi connectivity index (χ0) is 21.1. The third-order valence-corrected chi connectivity index (χ3v) is 4.85. The van der Waals surface area contributed by atoms with Gasteiger partial charge in [-0.25, -0.2) is 4.39 Å². The molecule has 152 valence electrons. The lowest BCUT2D eigenvalue weighted by molar-refractivity contribution is -0.122. The molecule has 0 bridgehead atoms. The van der Waals surface area contributed by atoms with E-state index in [0.29, 0.717) is 23.0 Å². The molecule has 4 aromatic rings. The first-order valence-electron chi connectivity index (χ1n) is 9.60. The Morgan fingerprint density at radius 3 is 2.60 bits per heavy atom. The fourth-order valence-corrected chi connectivity index (χ4v) is 3.17. The van der Waals surface area contributed by atoms with Gasteiger partial charge in [-0.2, -0.15) is 4.98 Å². The van der Waals surface area contributed by atoms with Gasteiger partial charge < -0.3 is 14.4 Å². The maximum absolute atomic E-state index is 13.1. The number of carbonyl (C=O) groups is 1. The van der Waals surface area contributed by atoms with Crippen LogP contribution in [-0.4, -0.2) is 20.6 Å². The van der Waals surface area contributed by atoms with Gasteiger partial charge in [0, 0.05) is 11.8 Å². The van der Waals surface area contributed by atoms with E-state index in [0.717, 1.165) is 5.56 Å².